The molecular formula is C13H24N4O2S. The van der Waals surface area contributed by atoms with Gasteiger partial charge in [-0.2, -0.15) is 9.40 Å². The van der Waals surface area contributed by atoms with Crippen molar-refractivity contribution in [2.75, 3.05) is 26.7 Å². The van der Waals surface area contributed by atoms with E-state index in [-0.39, 0.29) is 0 Å². The number of sulfonamides is 1. The maximum atomic E-state index is 12.7. The molecule has 114 valence electrons. The van der Waals surface area contributed by atoms with Crippen molar-refractivity contribution >= 4 is 10.0 Å². The number of nitrogens with zero attached hydrogens (tertiary/aromatic N) is 3. The van der Waals surface area contributed by atoms with Crippen molar-refractivity contribution in [3.05, 3.63) is 24.0 Å². The summed E-state index contributed by atoms with van der Waals surface area (Å²) >= 11 is 0. The van der Waals surface area contributed by atoms with Gasteiger partial charge in [0.1, 0.15) is 4.90 Å². The number of hydrogen-bond acceptors (Lipinski definition) is 4. The summed E-state index contributed by atoms with van der Waals surface area (Å²) in [6, 6.07) is 0. The molecule has 1 aromatic rings. The minimum atomic E-state index is -3.52. The summed E-state index contributed by atoms with van der Waals surface area (Å²) in [5.41, 5.74) is 1.22. The summed E-state index contributed by atoms with van der Waals surface area (Å²) < 4.78 is 28.5. The van der Waals surface area contributed by atoms with Crippen LogP contribution in [0.15, 0.2) is 17.6 Å². The molecule has 0 aliphatic heterocycles. The molecule has 0 fully saturated rings. The number of hydrogen-bond donors (Lipinski definition) is 1. The van der Waals surface area contributed by atoms with E-state index in [1.54, 1.807) is 24.6 Å². The molecule has 7 heteroatoms. The van der Waals surface area contributed by atoms with Crippen LogP contribution in [0.4, 0.5) is 0 Å². The van der Waals surface area contributed by atoms with Gasteiger partial charge >= 0.3 is 0 Å². The Hall–Kier alpha value is -1.18. The topological polar surface area (TPSA) is 67.2 Å². The highest BCUT2D eigenvalue weighted by Gasteiger charge is 2.29. The van der Waals surface area contributed by atoms with Gasteiger partial charge in [0.25, 0.3) is 0 Å². The Kier molecular flexibility index (Phi) is 5.91. The molecule has 0 unspecified atom stereocenters. The van der Waals surface area contributed by atoms with Crippen LogP contribution in [-0.2, 0) is 16.6 Å². The number of likely N-dealkylation sites (N-methyl/N-ethyl adjacent to an activating group) is 2. The summed E-state index contributed by atoms with van der Waals surface area (Å²) in [7, 11) is -1.67. The van der Waals surface area contributed by atoms with Crippen molar-refractivity contribution < 1.29 is 8.42 Å². The Morgan fingerprint density at radius 3 is 2.60 bits per heavy atom. The summed E-state index contributed by atoms with van der Waals surface area (Å²) in [6.45, 7) is 11.1. The predicted molar refractivity (Wildman–Crippen MR) is 80.3 cm³/mol. The number of rotatable bonds is 8. The molecule has 0 radical (unpaired) electrons. The SMILES string of the molecule is C=CCN(CC)S(=O)(=O)c1c(C)nn(CCNC)c1C. The molecule has 0 amide bonds. The van der Waals surface area contributed by atoms with Gasteiger partial charge in [0.2, 0.25) is 10.0 Å². The molecule has 0 bridgehead atoms. The Morgan fingerprint density at radius 1 is 1.45 bits per heavy atom. The van der Waals surface area contributed by atoms with Gasteiger partial charge in [-0.1, -0.05) is 13.0 Å². The molecule has 1 rings (SSSR count). The van der Waals surface area contributed by atoms with E-state index in [9.17, 15) is 8.42 Å². The Labute approximate surface area is 121 Å². The van der Waals surface area contributed by atoms with E-state index >= 15 is 0 Å². The third-order valence-corrected chi connectivity index (χ3v) is 5.37. The van der Waals surface area contributed by atoms with Crippen molar-refractivity contribution in [3.63, 3.8) is 0 Å². The van der Waals surface area contributed by atoms with E-state index in [1.807, 2.05) is 14.0 Å². The second-order valence-electron chi connectivity index (χ2n) is 4.57. The molecule has 20 heavy (non-hydrogen) atoms. The van der Waals surface area contributed by atoms with E-state index in [1.165, 1.54) is 4.31 Å². The van der Waals surface area contributed by atoms with Crippen LogP contribution in [0.2, 0.25) is 0 Å². The van der Waals surface area contributed by atoms with Crippen molar-refractivity contribution in [1.29, 1.82) is 0 Å². The highest BCUT2D eigenvalue weighted by Crippen LogP contribution is 2.23. The average molecular weight is 300 g/mol. The van der Waals surface area contributed by atoms with Crippen LogP contribution >= 0.6 is 0 Å². The quantitative estimate of drug-likeness (QED) is 0.725. The van der Waals surface area contributed by atoms with Crippen LogP contribution in [0.25, 0.3) is 0 Å². The summed E-state index contributed by atoms with van der Waals surface area (Å²) in [4.78, 5) is 0.317. The zero-order valence-corrected chi connectivity index (χ0v) is 13.5. The minimum Gasteiger partial charge on any atom is -0.318 e. The molecule has 1 aromatic heterocycles. The van der Waals surface area contributed by atoms with Gasteiger partial charge in [-0.25, -0.2) is 8.42 Å². The molecule has 0 saturated carbocycles. The molecule has 1 N–H and O–H groups in total. The molecule has 0 atom stereocenters. The normalized spacial score (nSPS) is 12.1. The predicted octanol–water partition coefficient (Wildman–Crippen LogP) is 0.916. The Balaban J connectivity index is 3.24. The minimum absolute atomic E-state index is 0.305. The first-order valence-corrected chi connectivity index (χ1v) is 8.13. The van der Waals surface area contributed by atoms with Gasteiger partial charge in [0, 0.05) is 19.6 Å². The van der Waals surface area contributed by atoms with E-state index in [0.29, 0.717) is 35.9 Å². The van der Waals surface area contributed by atoms with E-state index in [2.05, 4.69) is 17.0 Å². The lowest BCUT2D eigenvalue weighted by Crippen LogP contribution is -2.31. The van der Waals surface area contributed by atoms with Crippen LogP contribution in [0.1, 0.15) is 18.3 Å². The maximum Gasteiger partial charge on any atom is 0.247 e. The third-order valence-electron chi connectivity index (χ3n) is 3.17. The summed E-state index contributed by atoms with van der Waals surface area (Å²) in [5.74, 6) is 0. The fraction of sp³-hybridized carbons (Fsp3) is 0.615. The van der Waals surface area contributed by atoms with Crippen molar-refractivity contribution in [3.8, 4) is 0 Å². The average Bonchev–Trinajstić information content (AvgIpc) is 2.68. The Morgan fingerprint density at radius 2 is 2.10 bits per heavy atom. The van der Waals surface area contributed by atoms with Crippen LogP contribution < -0.4 is 5.32 Å². The fourth-order valence-corrected chi connectivity index (χ4v) is 3.95. The standard InChI is InChI=1S/C13H24N4O2S/c1-6-9-16(7-2)20(18,19)13-11(3)15-17(12(13)4)10-8-14-5/h6,14H,1,7-10H2,2-5H3. The van der Waals surface area contributed by atoms with Gasteiger partial charge in [-0.15, -0.1) is 6.58 Å². The summed E-state index contributed by atoms with van der Waals surface area (Å²) in [6.07, 6.45) is 1.59. The maximum absolute atomic E-state index is 12.7. The van der Waals surface area contributed by atoms with Crippen molar-refractivity contribution in [2.24, 2.45) is 0 Å². The number of nitrogens with one attached hydrogen (secondary N) is 1. The first-order valence-electron chi connectivity index (χ1n) is 6.69. The molecule has 0 aliphatic rings. The van der Waals surface area contributed by atoms with Gasteiger partial charge < -0.3 is 5.32 Å². The molecule has 0 spiro atoms. The van der Waals surface area contributed by atoms with E-state index in [0.717, 1.165) is 6.54 Å². The lowest BCUT2D eigenvalue weighted by molar-refractivity contribution is 0.458. The second kappa shape index (κ2) is 7.01. The number of aryl methyl sites for hydroxylation is 1. The van der Waals surface area contributed by atoms with Crippen LogP contribution in [0.3, 0.4) is 0 Å². The molecule has 0 aromatic carbocycles. The van der Waals surface area contributed by atoms with Gasteiger partial charge in [-0.3, -0.25) is 4.68 Å². The summed E-state index contributed by atoms with van der Waals surface area (Å²) in [5, 5.41) is 7.37. The van der Waals surface area contributed by atoms with Gasteiger partial charge in [0.15, 0.2) is 0 Å². The first-order chi connectivity index (χ1) is 9.39. The smallest absolute Gasteiger partial charge is 0.247 e. The fourth-order valence-electron chi connectivity index (χ4n) is 2.16. The van der Waals surface area contributed by atoms with Crippen LogP contribution in [0.5, 0.6) is 0 Å². The Bertz CT molecular complexity index is 563. The highest BCUT2D eigenvalue weighted by molar-refractivity contribution is 7.89. The first kappa shape index (κ1) is 16.9. The number of aromatic nitrogens is 2. The largest absolute Gasteiger partial charge is 0.318 e. The highest BCUT2D eigenvalue weighted by atomic mass is 32.2. The van der Waals surface area contributed by atoms with Gasteiger partial charge in [-0.05, 0) is 20.9 Å². The van der Waals surface area contributed by atoms with Crippen molar-refractivity contribution in [2.45, 2.75) is 32.2 Å². The molecule has 0 aliphatic carbocycles. The van der Waals surface area contributed by atoms with Crippen molar-refractivity contribution in [1.82, 2.24) is 19.4 Å². The van der Waals surface area contributed by atoms with E-state index in [4.69, 9.17) is 0 Å². The molecular weight excluding hydrogens is 276 g/mol. The van der Waals surface area contributed by atoms with Gasteiger partial charge in [0.05, 0.1) is 17.9 Å². The molecule has 0 saturated heterocycles. The zero-order chi connectivity index (χ0) is 15.3. The van der Waals surface area contributed by atoms with Crippen LogP contribution in [0, 0.1) is 13.8 Å². The third kappa shape index (κ3) is 3.28. The molecule has 1 heterocycles. The zero-order valence-electron chi connectivity index (χ0n) is 12.7. The molecule has 6 nitrogen and oxygen atoms in total. The van der Waals surface area contributed by atoms with E-state index < -0.39 is 10.0 Å². The monoisotopic (exact) mass is 300 g/mol. The lowest BCUT2D eigenvalue weighted by atomic mass is 10.4. The lowest BCUT2D eigenvalue weighted by Gasteiger charge is -2.18. The van der Waals surface area contributed by atoms with Crippen LogP contribution in [-0.4, -0.2) is 49.2 Å². The second-order valence-corrected chi connectivity index (χ2v) is 6.45.